The summed E-state index contributed by atoms with van der Waals surface area (Å²) in [5, 5.41) is 10.0. The molecule has 5 heteroatoms. The Kier molecular flexibility index (Phi) is 6.22. The SMILES string of the molecule is CCCc1cc(Oc2ccccc2)ccc1OCCc1cc2cc(C(=O)O)ccc2[nH]1. The van der Waals surface area contributed by atoms with Crippen molar-refractivity contribution in [3.63, 3.8) is 0 Å². The molecule has 1 heterocycles. The Morgan fingerprint density at radius 3 is 2.55 bits per heavy atom. The van der Waals surface area contributed by atoms with E-state index in [0.29, 0.717) is 13.0 Å². The Hall–Kier alpha value is -3.73. The van der Waals surface area contributed by atoms with E-state index < -0.39 is 5.97 Å². The molecule has 0 atom stereocenters. The highest BCUT2D eigenvalue weighted by Gasteiger charge is 2.09. The summed E-state index contributed by atoms with van der Waals surface area (Å²) in [6.07, 6.45) is 2.62. The van der Waals surface area contributed by atoms with Gasteiger partial charge in [-0.05, 0) is 66.6 Å². The number of H-pyrrole nitrogens is 1. The van der Waals surface area contributed by atoms with Crippen molar-refractivity contribution < 1.29 is 19.4 Å². The first-order valence-electron chi connectivity index (χ1n) is 10.5. The lowest BCUT2D eigenvalue weighted by Crippen LogP contribution is -2.04. The number of benzene rings is 3. The summed E-state index contributed by atoms with van der Waals surface area (Å²) in [6, 6.07) is 22.7. The second-order valence-corrected chi connectivity index (χ2v) is 7.43. The molecular formula is C26H25NO4. The van der Waals surface area contributed by atoms with Crippen LogP contribution in [0.25, 0.3) is 10.9 Å². The summed E-state index contributed by atoms with van der Waals surface area (Å²) in [5.41, 5.74) is 3.35. The fourth-order valence-corrected chi connectivity index (χ4v) is 3.58. The quantitative estimate of drug-likeness (QED) is 0.340. The third-order valence-corrected chi connectivity index (χ3v) is 5.08. The Morgan fingerprint density at radius 2 is 1.77 bits per heavy atom. The summed E-state index contributed by atoms with van der Waals surface area (Å²) < 4.78 is 12.0. The number of para-hydroxylation sites is 1. The highest BCUT2D eigenvalue weighted by molar-refractivity contribution is 5.93. The first-order valence-corrected chi connectivity index (χ1v) is 10.5. The van der Waals surface area contributed by atoms with E-state index >= 15 is 0 Å². The second-order valence-electron chi connectivity index (χ2n) is 7.43. The standard InChI is InChI=1S/C26H25NO4/c1-2-6-18-17-23(31-22-7-4-3-5-8-22)10-12-25(18)30-14-13-21-16-20-15-19(26(28)29)9-11-24(20)27-21/h3-5,7-12,15-17,27H,2,6,13-14H2,1H3,(H,28,29). The second kappa shape index (κ2) is 9.39. The molecular weight excluding hydrogens is 390 g/mol. The van der Waals surface area contributed by atoms with E-state index in [1.807, 2.05) is 54.6 Å². The zero-order valence-corrected chi connectivity index (χ0v) is 17.4. The Balaban J connectivity index is 1.42. The fourth-order valence-electron chi connectivity index (χ4n) is 3.58. The maximum Gasteiger partial charge on any atom is 0.335 e. The lowest BCUT2D eigenvalue weighted by Gasteiger charge is -2.13. The van der Waals surface area contributed by atoms with Crippen LogP contribution in [-0.4, -0.2) is 22.7 Å². The molecule has 0 aliphatic heterocycles. The number of carboxylic acid groups (broad SMARTS) is 1. The third-order valence-electron chi connectivity index (χ3n) is 5.08. The van der Waals surface area contributed by atoms with Crippen LogP contribution >= 0.6 is 0 Å². The molecule has 0 radical (unpaired) electrons. The van der Waals surface area contributed by atoms with Gasteiger partial charge in [-0.1, -0.05) is 31.5 Å². The molecule has 1 aromatic heterocycles. The van der Waals surface area contributed by atoms with E-state index in [1.165, 1.54) is 0 Å². The van der Waals surface area contributed by atoms with Crippen molar-refractivity contribution in [2.45, 2.75) is 26.2 Å². The molecule has 0 saturated carbocycles. The van der Waals surface area contributed by atoms with Crippen molar-refractivity contribution in [2.24, 2.45) is 0 Å². The van der Waals surface area contributed by atoms with Crippen molar-refractivity contribution in [1.82, 2.24) is 4.98 Å². The van der Waals surface area contributed by atoms with Crippen molar-refractivity contribution in [3.05, 3.63) is 89.6 Å². The molecule has 0 saturated heterocycles. The van der Waals surface area contributed by atoms with E-state index in [9.17, 15) is 4.79 Å². The molecule has 31 heavy (non-hydrogen) atoms. The van der Waals surface area contributed by atoms with Crippen LogP contribution in [0.2, 0.25) is 0 Å². The van der Waals surface area contributed by atoms with E-state index in [2.05, 4.69) is 11.9 Å². The van der Waals surface area contributed by atoms with Crippen molar-refractivity contribution in [2.75, 3.05) is 6.61 Å². The number of carboxylic acids is 1. The van der Waals surface area contributed by atoms with Crippen LogP contribution in [-0.2, 0) is 12.8 Å². The minimum atomic E-state index is -0.920. The predicted octanol–water partition coefficient (Wildman–Crippen LogP) is 6.23. The average molecular weight is 415 g/mol. The number of ether oxygens (including phenoxy) is 2. The summed E-state index contributed by atoms with van der Waals surface area (Å²) in [6.45, 7) is 2.67. The van der Waals surface area contributed by atoms with Crippen LogP contribution in [0.5, 0.6) is 17.2 Å². The number of aromatic carboxylic acids is 1. The minimum Gasteiger partial charge on any atom is -0.493 e. The lowest BCUT2D eigenvalue weighted by atomic mass is 10.1. The van der Waals surface area contributed by atoms with Crippen LogP contribution in [0.3, 0.4) is 0 Å². The number of fused-ring (bicyclic) bond motifs is 1. The Bertz CT molecular complexity index is 1180. The molecule has 3 aromatic carbocycles. The maximum absolute atomic E-state index is 11.2. The number of rotatable bonds is 9. The van der Waals surface area contributed by atoms with Gasteiger partial charge in [-0.15, -0.1) is 0 Å². The van der Waals surface area contributed by atoms with E-state index in [0.717, 1.165) is 52.3 Å². The molecule has 4 aromatic rings. The van der Waals surface area contributed by atoms with Gasteiger partial charge in [-0.25, -0.2) is 4.79 Å². The van der Waals surface area contributed by atoms with Gasteiger partial charge in [-0.2, -0.15) is 0 Å². The van der Waals surface area contributed by atoms with Crippen LogP contribution in [0.15, 0.2) is 72.8 Å². The van der Waals surface area contributed by atoms with Crippen molar-refractivity contribution in [3.8, 4) is 17.2 Å². The molecule has 4 rings (SSSR count). The van der Waals surface area contributed by atoms with Crippen LogP contribution < -0.4 is 9.47 Å². The van der Waals surface area contributed by atoms with Crippen LogP contribution in [0.4, 0.5) is 0 Å². The number of aromatic nitrogens is 1. The first-order chi connectivity index (χ1) is 15.1. The summed E-state index contributed by atoms with van der Waals surface area (Å²) in [4.78, 5) is 14.5. The van der Waals surface area contributed by atoms with Gasteiger partial charge in [0.2, 0.25) is 0 Å². The van der Waals surface area contributed by atoms with Gasteiger partial charge in [0.25, 0.3) is 0 Å². The van der Waals surface area contributed by atoms with Gasteiger partial charge < -0.3 is 19.6 Å². The van der Waals surface area contributed by atoms with E-state index in [1.54, 1.807) is 18.2 Å². The molecule has 158 valence electrons. The number of nitrogens with one attached hydrogen (secondary N) is 1. The van der Waals surface area contributed by atoms with Gasteiger partial charge in [-0.3, -0.25) is 0 Å². The molecule has 0 unspecified atom stereocenters. The van der Waals surface area contributed by atoms with Crippen LogP contribution in [0, 0.1) is 0 Å². The largest absolute Gasteiger partial charge is 0.493 e. The van der Waals surface area contributed by atoms with Gasteiger partial charge in [0, 0.05) is 23.0 Å². The molecule has 0 spiro atoms. The van der Waals surface area contributed by atoms with Crippen molar-refractivity contribution >= 4 is 16.9 Å². The molecule has 2 N–H and O–H groups in total. The summed E-state index contributed by atoms with van der Waals surface area (Å²) in [5.74, 6) is 1.55. The number of aryl methyl sites for hydroxylation is 1. The first kappa shape index (κ1) is 20.5. The molecule has 0 fully saturated rings. The summed E-state index contributed by atoms with van der Waals surface area (Å²) in [7, 11) is 0. The van der Waals surface area contributed by atoms with E-state index in [-0.39, 0.29) is 5.56 Å². The maximum atomic E-state index is 11.2. The lowest BCUT2D eigenvalue weighted by molar-refractivity contribution is 0.0697. The van der Waals surface area contributed by atoms with Crippen LogP contribution in [0.1, 0.15) is 35.0 Å². The number of aromatic amines is 1. The van der Waals surface area contributed by atoms with Gasteiger partial charge in [0.05, 0.1) is 12.2 Å². The highest BCUT2D eigenvalue weighted by Crippen LogP contribution is 2.29. The monoisotopic (exact) mass is 415 g/mol. The molecule has 0 bridgehead atoms. The molecule has 0 aliphatic rings. The Morgan fingerprint density at radius 1 is 0.935 bits per heavy atom. The fraction of sp³-hybridized carbons (Fsp3) is 0.192. The zero-order valence-electron chi connectivity index (χ0n) is 17.4. The van der Waals surface area contributed by atoms with Gasteiger partial charge in [0.15, 0.2) is 0 Å². The minimum absolute atomic E-state index is 0.288. The topological polar surface area (TPSA) is 71.6 Å². The number of carbonyl (C=O) groups is 1. The van der Waals surface area contributed by atoms with Gasteiger partial charge in [0.1, 0.15) is 17.2 Å². The van der Waals surface area contributed by atoms with E-state index in [4.69, 9.17) is 14.6 Å². The average Bonchev–Trinajstić information content (AvgIpc) is 3.18. The predicted molar refractivity (Wildman–Crippen MR) is 121 cm³/mol. The zero-order chi connectivity index (χ0) is 21.6. The third kappa shape index (κ3) is 5.07. The molecule has 0 amide bonds. The number of hydrogen-bond donors (Lipinski definition) is 2. The van der Waals surface area contributed by atoms with Gasteiger partial charge >= 0.3 is 5.97 Å². The normalized spacial score (nSPS) is 10.9. The van der Waals surface area contributed by atoms with Crippen molar-refractivity contribution in [1.29, 1.82) is 0 Å². The highest BCUT2D eigenvalue weighted by atomic mass is 16.5. The number of hydrogen-bond acceptors (Lipinski definition) is 3. The molecule has 0 aliphatic carbocycles. The Labute approximate surface area is 181 Å². The summed E-state index contributed by atoms with van der Waals surface area (Å²) >= 11 is 0. The molecule has 5 nitrogen and oxygen atoms in total. The smallest absolute Gasteiger partial charge is 0.335 e.